The fourth-order valence-corrected chi connectivity index (χ4v) is 1.44. The number of carbonyl (C=O) groups excluding carboxylic acids is 1. The highest BCUT2D eigenvalue weighted by atomic mass is 35.5. The van der Waals surface area contributed by atoms with E-state index in [1.165, 1.54) is 0 Å². The summed E-state index contributed by atoms with van der Waals surface area (Å²) in [6, 6.07) is 9.20. The highest BCUT2D eigenvalue weighted by Crippen LogP contribution is 2.20. The number of anilines is 1. The second-order valence-corrected chi connectivity index (χ2v) is 3.90. The first-order valence-corrected chi connectivity index (χ1v) is 5.72. The summed E-state index contributed by atoms with van der Waals surface area (Å²) in [5.41, 5.74) is 0.850. The molecular formula is C12H10ClN3O3. The number of aromatic nitrogens is 2. The van der Waals surface area contributed by atoms with Crippen molar-refractivity contribution in [3.8, 4) is 5.75 Å². The van der Waals surface area contributed by atoms with Crippen molar-refractivity contribution in [2.45, 2.75) is 6.61 Å². The predicted octanol–water partition coefficient (Wildman–Crippen LogP) is 2.58. The number of rotatable bonds is 3. The second-order valence-electron chi connectivity index (χ2n) is 3.56. The molecule has 0 spiro atoms. The van der Waals surface area contributed by atoms with Crippen LogP contribution >= 0.6 is 11.6 Å². The normalized spacial score (nSPS) is 9.95. The number of aromatic hydroxyl groups is 1. The Kier molecular flexibility index (Phi) is 4.15. The monoisotopic (exact) mass is 279 g/mol. The van der Waals surface area contributed by atoms with E-state index in [4.69, 9.17) is 16.3 Å². The number of ether oxygens (including phenoxy) is 1. The van der Waals surface area contributed by atoms with Gasteiger partial charge in [0.25, 0.3) is 0 Å². The molecule has 0 aliphatic carbocycles. The summed E-state index contributed by atoms with van der Waals surface area (Å²) in [6.07, 6.45) is 0.344. The van der Waals surface area contributed by atoms with Crippen LogP contribution in [0.4, 0.5) is 10.6 Å². The lowest BCUT2D eigenvalue weighted by atomic mass is 10.2. The number of benzene rings is 1. The molecule has 1 aromatic heterocycles. The summed E-state index contributed by atoms with van der Waals surface area (Å²) in [5.74, 6) is -0.390. The van der Waals surface area contributed by atoms with E-state index in [9.17, 15) is 9.90 Å². The maximum Gasteiger partial charge on any atom is 0.413 e. The van der Waals surface area contributed by atoms with Crippen LogP contribution in [0.15, 0.2) is 36.5 Å². The van der Waals surface area contributed by atoms with Gasteiger partial charge >= 0.3 is 6.09 Å². The Morgan fingerprint density at radius 2 is 2.11 bits per heavy atom. The minimum Gasteiger partial charge on any atom is -0.503 e. The summed E-state index contributed by atoms with van der Waals surface area (Å²) in [5, 5.41) is 11.6. The molecule has 1 heterocycles. The standard InChI is InChI=1S/C12H10ClN3O3/c13-11-14-6-9(17)10(15-11)16-12(18)19-7-8-4-2-1-3-5-8/h1-6,17H,7H2,(H,14,15,16,18). The molecule has 0 aliphatic heterocycles. The molecule has 2 aromatic rings. The average Bonchev–Trinajstić information content (AvgIpc) is 2.42. The molecule has 0 saturated carbocycles. The summed E-state index contributed by atoms with van der Waals surface area (Å²) in [4.78, 5) is 18.7. The first kappa shape index (κ1) is 13.1. The number of carbonyl (C=O) groups is 1. The topological polar surface area (TPSA) is 84.3 Å². The van der Waals surface area contributed by atoms with Gasteiger partial charge in [0, 0.05) is 0 Å². The zero-order chi connectivity index (χ0) is 13.7. The number of hydrogen-bond acceptors (Lipinski definition) is 5. The highest BCUT2D eigenvalue weighted by molar-refractivity contribution is 6.28. The quantitative estimate of drug-likeness (QED) is 0.844. The van der Waals surface area contributed by atoms with Crippen molar-refractivity contribution < 1.29 is 14.6 Å². The summed E-state index contributed by atoms with van der Waals surface area (Å²) >= 11 is 5.55. The number of amides is 1. The molecule has 1 aromatic carbocycles. The van der Waals surface area contributed by atoms with E-state index in [-0.39, 0.29) is 23.5 Å². The van der Waals surface area contributed by atoms with Crippen molar-refractivity contribution >= 4 is 23.5 Å². The SMILES string of the molecule is O=C(Nc1nc(Cl)ncc1O)OCc1ccccc1. The molecule has 0 saturated heterocycles. The van der Waals surface area contributed by atoms with Crippen molar-refractivity contribution in [1.29, 1.82) is 0 Å². The molecule has 0 unspecified atom stereocenters. The Morgan fingerprint density at radius 1 is 1.37 bits per heavy atom. The van der Waals surface area contributed by atoms with Crippen LogP contribution in [0, 0.1) is 0 Å². The molecule has 0 fully saturated rings. The van der Waals surface area contributed by atoms with Crippen LogP contribution in [0.2, 0.25) is 5.28 Å². The van der Waals surface area contributed by atoms with E-state index in [1.807, 2.05) is 30.3 Å². The number of nitrogens with one attached hydrogen (secondary N) is 1. The lowest BCUT2D eigenvalue weighted by molar-refractivity contribution is 0.155. The van der Waals surface area contributed by atoms with Crippen LogP contribution < -0.4 is 5.32 Å². The van der Waals surface area contributed by atoms with Crippen molar-refractivity contribution in [3.05, 3.63) is 47.4 Å². The molecule has 19 heavy (non-hydrogen) atoms. The fourth-order valence-electron chi connectivity index (χ4n) is 1.30. The van der Waals surface area contributed by atoms with Crippen molar-refractivity contribution in [2.24, 2.45) is 0 Å². The van der Waals surface area contributed by atoms with Gasteiger partial charge in [0.2, 0.25) is 5.28 Å². The van der Waals surface area contributed by atoms with Gasteiger partial charge in [-0.15, -0.1) is 0 Å². The molecule has 0 bridgehead atoms. The maximum absolute atomic E-state index is 11.5. The van der Waals surface area contributed by atoms with E-state index in [2.05, 4.69) is 15.3 Å². The van der Waals surface area contributed by atoms with Crippen LogP contribution in [-0.2, 0) is 11.3 Å². The Hall–Kier alpha value is -2.34. The highest BCUT2D eigenvalue weighted by Gasteiger charge is 2.10. The van der Waals surface area contributed by atoms with Crippen LogP contribution in [-0.4, -0.2) is 21.2 Å². The first-order valence-electron chi connectivity index (χ1n) is 5.34. The third-order valence-corrected chi connectivity index (χ3v) is 2.36. The molecule has 2 rings (SSSR count). The van der Waals surface area contributed by atoms with Gasteiger partial charge in [0.1, 0.15) is 6.61 Å². The second kappa shape index (κ2) is 6.01. The van der Waals surface area contributed by atoms with Crippen LogP contribution in [0.5, 0.6) is 5.75 Å². The van der Waals surface area contributed by atoms with E-state index >= 15 is 0 Å². The van der Waals surface area contributed by atoms with Crippen molar-refractivity contribution in [1.82, 2.24) is 9.97 Å². The Bertz CT molecular complexity index is 578. The smallest absolute Gasteiger partial charge is 0.413 e. The lowest BCUT2D eigenvalue weighted by Gasteiger charge is -2.07. The van der Waals surface area contributed by atoms with Gasteiger partial charge < -0.3 is 9.84 Å². The van der Waals surface area contributed by atoms with Gasteiger partial charge in [0.15, 0.2) is 11.6 Å². The minimum atomic E-state index is -0.742. The number of hydrogen-bond donors (Lipinski definition) is 2. The minimum absolute atomic E-state index is 0.0869. The van der Waals surface area contributed by atoms with Crippen molar-refractivity contribution in [3.63, 3.8) is 0 Å². The van der Waals surface area contributed by atoms with E-state index in [1.54, 1.807) is 0 Å². The van der Waals surface area contributed by atoms with Gasteiger partial charge in [-0.2, -0.15) is 4.98 Å². The van der Waals surface area contributed by atoms with Gasteiger partial charge in [-0.3, -0.25) is 5.32 Å². The van der Waals surface area contributed by atoms with Gasteiger partial charge in [-0.25, -0.2) is 9.78 Å². The van der Waals surface area contributed by atoms with E-state index < -0.39 is 6.09 Å². The molecular weight excluding hydrogens is 270 g/mol. The van der Waals surface area contributed by atoms with Gasteiger partial charge in [0.05, 0.1) is 6.20 Å². The molecule has 2 N–H and O–H groups in total. The third-order valence-electron chi connectivity index (χ3n) is 2.17. The fraction of sp³-hybridized carbons (Fsp3) is 0.0833. The molecule has 7 heteroatoms. The van der Waals surface area contributed by atoms with Crippen molar-refractivity contribution in [2.75, 3.05) is 5.32 Å². The van der Waals surface area contributed by atoms with E-state index in [0.29, 0.717) is 0 Å². The van der Waals surface area contributed by atoms with Gasteiger partial charge in [-0.05, 0) is 17.2 Å². The molecule has 0 aliphatic rings. The zero-order valence-electron chi connectivity index (χ0n) is 9.71. The Morgan fingerprint density at radius 3 is 2.84 bits per heavy atom. The summed E-state index contributed by atoms with van der Waals surface area (Å²) < 4.78 is 4.96. The van der Waals surface area contributed by atoms with Crippen LogP contribution in [0.1, 0.15) is 5.56 Å². The van der Waals surface area contributed by atoms with Crippen LogP contribution in [0.3, 0.4) is 0 Å². The predicted molar refractivity (Wildman–Crippen MR) is 69.0 cm³/mol. The summed E-state index contributed by atoms with van der Waals surface area (Å²) in [6.45, 7) is 0.117. The summed E-state index contributed by atoms with van der Waals surface area (Å²) in [7, 11) is 0. The molecule has 98 valence electrons. The molecule has 6 nitrogen and oxygen atoms in total. The maximum atomic E-state index is 11.5. The van der Waals surface area contributed by atoms with Crippen LogP contribution in [0.25, 0.3) is 0 Å². The number of nitrogens with zero attached hydrogens (tertiary/aromatic N) is 2. The Labute approximate surface area is 114 Å². The molecule has 0 atom stereocenters. The average molecular weight is 280 g/mol. The van der Waals surface area contributed by atoms with Gasteiger partial charge in [-0.1, -0.05) is 30.3 Å². The van der Waals surface area contributed by atoms with E-state index in [0.717, 1.165) is 11.8 Å². The zero-order valence-corrected chi connectivity index (χ0v) is 10.5. The Balaban J connectivity index is 1.93. The lowest BCUT2D eigenvalue weighted by Crippen LogP contribution is -2.14. The molecule has 0 radical (unpaired) electrons. The first-order chi connectivity index (χ1) is 9.15. The molecule has 1 amide bonds. The third kappa shape index (κ3) is 3.82. The largest absolute Gasteiger partial charge is 0.503 e. The number of halogens is 1.